The van der Waals surface area contributed by atoms with E-state index in [0.717, 1.165) is 0 Å². The van der Waals surface area contributed by atoms with Gasteiger partial charge in [0.25, 0.3) is 0 Å². The molecule has 1 atom stereocenters. The summed E-state index contributed by atoms with van der Waals surface area (Å²) in [6.07, 6.45) is 1.60. The zero-order valence-electron chi connectivity index (χ0n) is 8.14. The molecule has 0 fully saturated rings. The van der Waals surface area contributed by atoms with Crippen molar-refractivity contribution >= 4 is 11.8 Å². The fraction of sp³-hybridized carbons (Fsp3) is 0.333. The molecule has 14 heavy (non-hydrogen) atoms. The van der Waals surface area contributed by atoms with Gasteiger partial charge in [0.05, 0.1) is 0 Å². The molecule has 1 rings (SSSR count). The second kappa shape index (κ2) is 4.06. The number of aliphatic carboxylic acids is 1. The van der Waals surface area contributed by atoms with Crippen molar-refractivity contribution in [2.75, 3.05) is 19.0 Å². The van der Waals surface area contributed by atoms with Gasteiger partial charge in [0.15, 0.2) is 0 Å². The molecule has 0 spiro atoms. The van der Waals surface area contributed by atoms with Crippen LogP contribution in [0.25, 0.3) is 0 Å². The maximum absolute atomic E-state index is 10.7. The predicted molar refractivity (Wildman–Crippen MR) is 53.1 cm³/mol. The van der Waals surface area contributed by atoms with Gasteiger partial charge in [-0.25, -0.2) is 4.98 Å². The molecule has 0 saturated heterocycles. The zero-order chi connectivity index (χ0) is 10.7. The van der Waals surface area contributed by atoms with E-state index in [0.29, 0.717) is 11.4 Å². The normalized spacial score (nSPS) is 12.2. The Hall–Kier alpha value is -1.62. The summed E-state index contributed by atoms with van der Waals surface area (Å²) in [5.74, 6) is -0.469. The molecule has 0 radical (unpaired) electrons. The van der Waals surface area contributed by atoms with Crippen LogP contribution in [0.5, 0.6) is 0 Å². The van der Waals surface area contributed by atoms with E-state index in [-0.39, 0.29) is 0 Å². The van der Waals surface area contributed by atoms with Crippen LogP contribution in [0.15, 0.2) is 18.3 Å². The molecule has 1 heterocycles. The molecule has 0 bridgehead atoms. The average molecular weight is 195 g/mol. The largest absolute Gasteiger partial charge is 0.480 e. The Labute approximate surface area is 82.2 Å². The topological polar surface area (TPSA) is 79.5 Å². The van der Waals surface area contributed by atoms with Gasteiger partial charge in [-0.3, -0.25) is 4.79 Å². The maximum atomic E-state index is 10.7. The van der Waals surface area contributed by atoms with Crippen LogP contribution in [0.3, 0.4) is 0 Å². The highest BCUT2D eigenvalue weighted by Crippen LogP contribution is 2.20. The summed E-state index contributed by atoms with van der Waals surface area (Å²) in [6, 6.07) is 2.31. The van der Waals surface area contributed by atoms with Gasteiger partial charge in [-0.15, -0.1) is 0 Å². The fourth-order valence-corrected chi connectivity index (χ4v) is 1.16. The SMILES string of the molecule is CN(C)c1ncccc1C(N)C(=O)O. The quantitative estimate of drug-likeness (QED) is 0.721. The van der Waals surface area contributed by atoms with Gasteiger partial charge in [-0.05, 0) is 6.07 Å². The van der Waals surface area contributed by atoms with Crippen LogP contribution in [-0.4, -0.2) is 30.2 Å². The summed E-state index contributed by atoms with van der Waals surface area (Å²) in [7, 11) is 3.58. The number of carboxylic acid groups (broad SMARTS) is 1. The lowest BCUT2D eigenvalue weighted by Gasteiger charge is -2.17. The monoisotopic (exact) mass is 195 g/mol. The predicted octanol–water partition coefficient (Wildman–Crippen LogP) is 0.232. The van der Waals surface area contributed by atoms with E-state index in [1.54, 1.807) is 37.3 Å². The number of nitrogens with two attached hydrogens (primary N) is 1. The Kier molecular flexibility index (Phi) is 3.03. The highest BCUT2D eigenvalue weighted by Gasteiger charge is 2.19. The molecule has 1 unspecified atom stereocenters. The number of carbonyl (C=O) groups is 1. The lowest BCUT2D eigenvalue weighted by Crippen LogP contribution is -2.24. The molecule has 76 valence electrons. The first-order valence-corrected chi connectivity index (χ1v) is 4.14. The molecule has 1 aromatic heterocycles. The van der Waals surface area contributed by atoms with E-state index in [1.165, 1.54) is 0 Å². The van der Waals surface area contributed by atoms with Crippen LogP contribution in [0.2, 0.25) is 0 Å². The number of hydrogen-bond acceptors (Lipinski definition) is 4. The first-order chi connectivity index (χ1) is 6.54. The van der Waals surface area contributed by atoms with Crippen LogP contribution in [0.1, 0.15) is 11.6 Å². The number of anilines is 1. The number of nitrogens with zero attached hydrogens (tertiary/aromatic N) is 2. The maximum Gasteiger partial charge on any atom is 0.325 e. The molecule has 0 aliphatic carbocycles. The lowest BCUT2D eigenvalue weighted by atomic mass is 10.1. The summed E-state index contributed by atoms with van der Waals surface area (Å²) in [4.78, 5) is 16.5. The standard InChI is InChI=1S/C9H13N3O2/c1-12(2)8-6(4-3-5-11-8)7(10)9(13)14/h3-5,7H,10H2,1-2H3,(H,13,14). The second-order valence-corrected chi connectivity index (χ2v) is 3.13. The van der Waals surface area contributed by atoms with Gasteiger partial charge in [-0.1, -0.05) is 6.07 Å². The molecule has 0 aromatic carbocycles. The number of hydrogen-bond donors (Lipinski definition) is 2. The third-order valence-corrected chi connectivity index (χ3v) is 1.84. The smallest absolute Gasteiger partial charge is 0.325 e. The fourth-order valence-electron chi connectivity index (χ4n) is 1.16. The van der Waals surface area contributed by atoms with Crippen LogP contribution >= 0.6 is 0 Å². The Balaban J connectivity index is 3.13. The van der Waals surface area contributed by atoms with Gasteiger partial charge in [-0.2, -0.15) is 0 Å². The van der Waals surface area contributed by atoms with Crippen molar-refractivity contribution in [3.05, 3.63) is 23.9 Å². The van der Waals surface area contributed by atoms with Gasteiger partial charge >= 0.3 is 5.97 Å². The molecular formula is C9H13N3O2. The third kappa shape index (κ3) is 2.00. The van der Waals surface area contributed by atoms with Crippen molar-refractivity contribution < 1.29 is 9.90 Å². The highest BCUT2D eigenvalue weighted by atomic mass is 16.4. The Morgan fingerprint density at radius 2 is 2.29 bits per heavy atom. The highest BCUT2D eigenvalue weighted by molar-refractivity contribution is 5.77. The Morgan fingerprint density at radius 3 is 2.79 bits per heavy atom. The second-order valence-electron chi connectivity index (χ2n) is 3.13. The minimum absolute atomic E-state index is 0.519. The van der Waals surface area contributed by atoms with Crippen molar-refractivity contribution in [2.24, 2.45) is 5.73 Å². The van der Waals surface area contributed by atoms with E-state index in [1.807, 2.05) is 0 Å². The van der Waals surface area contributed by atoms with Gasteiger partial charge in [0, 0.05) is 25.9 Å². The number of aromatic nitrogens is 1. The molecule has 3 N–H and O–H groups in total. The van der Waals surface area contributed by atoms with E-state index < -0.39 is 12.0 Å². The minimum atomic E-state index is -1.05. The zero-order valence-corrected chi connectivity index (χ0v) is 8.14. The van der Waals surface area contributed by atoms with Crippen LogP contribution in [-0.2, 0) is 4.79 Å². The van der Waals surface area contributed by atoms with Gasteiger partial charge in [0.2, 0.25) is 0 Å². The van der Waals surface area contributed by atoms with E-state index >= 15 is 0 Å². The van der Waals surface area contributed by atoms with Gasteiger partial charge < -0.3 is 15.7 Å². The van der Waals surface area contributed by atoms with Crippen LogP contribution in [0.4, 0.5) is 5.82 Å². The average Bonchev–Trinajstić information content (AvgIpc) is 2.16. The Morgan fingerprint density at radius 1 is 1.64 bits per heavy atom. The van der Waals surface area contributed by atoms with E-state index in [2.05, 4.69) is 4.98 Å². The third-order valence-electron chi connectivity index (χ3n) is 1.84. The first kappa shape index (κ1) is 10.5. The summed E-state index contributed by atoms with van der Waals surface area (Å²) in [5.41, 5.74) is 6.03. The van der Waals surface area contributed by atoms with Crippen molar-refractivity contribution in [2.45, 2.75) is 6.04 Å². The molecule has 0 aliphatic rings. The van der Waals surface area contributed by atoms with Crippen molar-refractivity contribution in [3.63, 3.8) is 0 Å². The van der Waals surface area contributed by atoms with E-state index in [4.69, 9.17) is 10.8 Å². The molecule has 5 nitrogen and oxygen atoms in total. The minimum Gasteiger partial charge on any atom is -0.480 e. The van der Waals surface area contributed by atoms with Crippen LogP contribution in [0, 0.1) is 0 Å². The van der Waals surface area contributed by atoms with Crippen molar-refractivity contribution in [3.8, 4) is 0 Å². The van der Waals surface area contributed by atoms with E-state index in [9.17, 15) is 4.79 Å². The first-order valence-electron chi connectivity index (χ1n) is 4.14. The van der Waals surface area contributed by atoms with Gasteiger partial charge in [0.1, 0.15) is 11.9 Å². The lowest BCUT2D eigenvalue weighted by molar-refractivity contribution is -0.138. The van der Waals surface area contributed by atoms with Crippen molar-refractivity contribution in [1.82, 2.24) is 4.98 Å². The van der Waals surface area contributed by atoms with Crippen LogP contribution < -0.4 is 10.6 Å². The molecular weight excluding hydrogens is 182 g/mol. The summed E-state index contributed by atoms with van der Waals surface area (Å²) >= 11 is 0. The molecule has 1 aromatic rings. The molecule has 0 amide bonds. The number of rotatable bonds is 3. The van der Waals surface area contributed by atoms with Crippen molar-refractivity contribution in [1.29, 1.82) is 0 Å². The summed E-state index contributed by atoms with van der Waals surface area (Å²) < 4.78 is 0. The molecule has 0 aliphatic heterocycles. The number of carboxylic acids is 1. The summed E-state index contributed by atoms with van der Waals surface area (Å²) in [6.45, 7) is 0. The number of pyridine rings is 1. The molecule has 0 saturated carbocycles. The molecule has 5 heteroatoms. The summed E-state index contributed by atoms with van der Waals surface area (Å²) in [5, 5.41) is 8.77. The Bertz CT molecular complexity index is 339.